The molecule has 120 valence electrons. The third kappa shape index (κ3) is 4.84. The molecule has 0 fully saturated rings. The van der Waals surface area contributed by atoms with Crippen LogP contribution < -0.4 is 0 Å². The van der Waals surface area contributed by atoms with Gasteiger partial charge in [-0.05, 0) is 30.2 Å². The highest BCUT2D eigenvalue weighted by Crippen LogP contribution is 2.26. The van der Waals surface area contributed by atoms with Gasteiger partial charge in [0.25, 0.3) is 0 Å². The van der Waals surface area contributed by atoms with Crippen molar-refractivity contribution in [2.24, 2.45) is 0 Å². The lowest BCUT2D eigenvalue weighted by atomic mass is 10.2. The van der Waals surface area contributed by atoms with Crippen LogP contribution in [-0.4, -0.2) is 37.1 Å². The number of aliphatic hydroxyl groups is 1. The second kappa shape index (κ2) is 6.95. The number of hydrogen-bond acceptors (Lipinski definition) is 3. The largest absolute Gasteiger partial charge is 0.402 e. The maximum Gasteiger partial charge on any atom is 0.402 e. The molecule has 0 amide bonds. The third-order valence-electron chi connectivity index (χ3n) is 2.65. The molecule has 9 heteroatoms. The van der Waals surface area contributed by atoms with Crippen LogP contribution in [0.15, 0.2) is 23.1 Å². The lowest BCUT2D eigenvalue weighted by Crippen LogP contribution is -2.39. The number of hydrogen-bond donors (Lipinski definition) is 1. The molecule has 0 aliphatic rings. The SMILES string of the molecule is CCCN(CC(F)(F)F)S(=O)(=O)c1ccc(Cl)c(CO)c1. The van der Waals surface area contributed by atoms with Crippen molar-refractivity contribution in [1.29, 1.82) is 0 Å². The topological polar surface area (TPSA) is 57.6 Å². The molecule has 21 heavy (non-hydrogen) atoms. The van der Waals surface area contributed by atoms with Gasteiger partial charge < -0.3 is 5.11 Å². The molecule has 0 radical (unpaired) electrons. The minimum absolute atomic E-state index is 0.140. The van der Waals surface area contributed by atoms with Gasteiger partial charge in [-0.25, -0.2) is 8.42 Å². The van der Waals surface area contributed by atoms with Crippen LogP contribution in [0.25, 0.3) is 0 Å². The monoisotopic (exact) mass is 345 g/mol. The van der Waals surface area contributed by atoms with Crippen LogP contribution in [0, 0.1) is 0 Å². The summed E-state index contributed by atoms with van der Waals surface area (Å²) in [6, 6.07) is 3.43. The molecule has 4 nitrogen and oxygen atoms in total. The van der Waals surface area contributed by atoms with E-state index in [0.717, 1.165) is 12.1 Å². The summed E-state index contributed by atoms with van der Waals surface area (Å²) in [7, 11) is -4.30. The van der Waals surface area contributed by atoms with Gasteiger partial charge in [-0.2, -0.15) is 17.5 Å². The minimum Gasteiger partial charge on any atom is -0.392 e. The molecule has 0 aromatic heterocycles. The van der Waals surface area contributed by atoms with E-state index >= 15 is 0 Å². The highest BCUT2D eigenvalue weighted by Gasteiger charge is 2.36. The van der Waals surface area contributed by atoms with Crippen LogP contribution in [0.2, 0.25) is 5.02 Å². The van der Waals surface area contributed by atoms with Crippen molar-refractivity contribution < 1.29 is 26.7 Å². The van der Waals surface area contributed by atoms with Gasteiger partial charge in [0, 0.05) is 11.6 Å². The smallest absolute Gasteiger partial charge is 0.392 e. The summed E-state index contributed by atoms with van der Waals surface area (Å²) in [5.41, 5.74) is 0.140. The zero-order valence-electron chi connectivity index (χ0n) is 11.2. The fourth-order valence-electron chi connectivity index (χ4n) is 1.72. The fraction of sp³-hybridized carbons (Fsp3) is 0.500. The summed E-state index contributed by atoms with van der Waals surface area (Å²) < 4.78 is 62.5. The Morgan fingerprint density at radius 2 is 1.95 bits per heavy atom. The number of halogens is 4. The highest BCUT2D eigenvalue weighted by molar-refractivity contribution is 7.89. The fourth-order valence-corrected chi connectivity index (χ4v) is 3.46. The van der Waals surface area contributed by atoms with Gasteiger partial charge in [0.1, 0.15) is 6.54 Å². The zero-order chi connectivity index (χ0) is 16.3. The van der Waals surface area contributed by atoms with E-state index in [1.807, 2.05) is 0 Å². The second-order valence-corrected chi connectivity index (χ2v) is 6.71. The van der Waals surface area contributed by atoms with E-state index in [-0.39, 0.29) is 28.4 Å². The van der Waals surface area contributed by atoms with Crippen LogP contribution in [0.3, 0.4) is 0 Å². The molecule has 0 bridgehead atoms. The van der Waals surface area contributed by atoms with Crippen molar-refractivity contribution in [3.8, 4) is 0 Å². The van der Waals surface area contributed by atoms with Gasteiger partial charge in [0.15, 0.2) is 0 Å². The molecule has 0 aliphatic carbocycles. The van der Waals surface area contributed by atoms with Crippen molar-refractivity contribution in [3.63, 3.8) is 0 Å². The molecule has 1 N–H and O–H groups in total. The summed E-state index contributed by atoms with van der Waals surface area (Å²) in [4.78, 5) is -0.325. The van der Waals surface area contributed by atoms with E-state index in [0.29, 0.717) is 4.31 Å². The first-order chi connectivity index (χ1) is 9.61. The van der Waals surface area contributed by atoms with E-state index < -0.39 is 29.4 Å². The summed E-state index contributed by atoms with van der Waals surface area (Å²) in [5, 5.41) is 9.21. The van der Waals surface area contributed by atoms with Gasteiger partial charge in [0.05, 0.1) is 11.5 Å². The molecule has 0 heterocycles. The molecule has 1 aromatic carbocycles. The molecule has 0 saturated heterocycles. The number of alkyl halides is 3. The van der Waals surface area contributed by atoms with E-state index in [2.05, 4.69) is 0 Å². The molecule has 0 atom stereocenters. The van der Waals surface area contributed by atoms with Crippen LogP contribution in [-0.2, 0) is 16.6 Å². The normalized spacial score (nSPS) is 12.9. The number of sulfonamides is 1. The molecule has 0 spiro atoms. The summed E-state index contributed by atoms with van der Waals surface area (Å²) in [6.45, 7) is -0.728. The molecule has 1 rings (SSSR count). The standard InChI is InChI=1S/C12H15ClF3NO3S/c1-2-5-17(8-12(14,15)16)21(19,20)10-3-4-11(13)9(6-10)7-18/h3-4,6,18H,2,5,7-8H2,1H3. The van der Waals surface area contributed by atoms with Gasteiger partial charge >= 0.3 is 6.18 Å². The van der Waals surface area contributed by atoms with Gasteiger partial charge in [-0.15, -0.1) is 0 Å². The first-order valence-electron chi connectivity index (χ1n) is 6.08. The molecule has 0 aliphatic heterocycles. The highest BCUT2D eigenvalue weighted by atomic mass is 35.5. The van der Waals surface area contributed by atoms with Crippen LogP contribution in [0.5, 0.6) is 0 Å². The lowest BCUT2D eigenvalue weighted by Gasteiger charge is -2.23. The van der Waals surface area contributed by atoms with Crippen molar-refractivity contribution in [1.82, 2.24) is 4.31 Å². The number of aliphatic hydroxyl groups excluding tert-OH is 1. The maximum absolute atomic E-state index is 12.5. The van der Waals surface area contributed by atoms with E-state index in [1.54, 1.807) is 6.92 Å². The Bertz CT molecular complexity index is 590. The predicted molar refractivity (Wildman–Crippen MR) is 72.5 cm³/mol. The van der Waals surface area contributed by atoms with Gasteiger partial charge in [0.2, 0.25) is 10.0 Å². The van der Waals surface area contributed by atoms with Crippen molar-refractivity contribution in [3.05, 3.63) is 28.8 Å². The van der Waals surface area contributed by atoms with E-state index in [1.165, 1.54) is 6.07 Å². The number of benzene rings is 1. The molecule has 0 saturated carbocycles. The van der Waals surface area contributed by atoms with Crippen molar-refractivity contribution >= 4 is 21.6 Å². The summed E-state index contributed by atoms with van der Waals surface area (Å²) in [5.74, 6) is 0. The molecule has 0 unspecified atom stereocenters. The third-order valence-corrected chi connectivity index (χ3v) is 4.86. The average Bonchev–Trinajstić information content (AvgIpc) is 2.37. The Hall–Kier alpha value is -0.830. The Labute approximate surface area is 126 Å². The van der Waals surface area contributed by atoms with Crippen molar-refractivity contribution in [2.45, 2.75) is 31.0 Å². The second-order valence-electron chi connectivity index (χ2n) is 4.37. The molecule has 1 aromatic rings. The minimum atomic E-state index is -4.63. The maximum atomic E-state index is 12.5. The van der Waals surface area contributed by atoms with E-state index in [9.17, 15) is 21.6 Å². The average molecular weight is 346 g/mol. The quantitative estimate of drug-likeness (QED) is 0.862. The van der Waals surface area contributed by atoms with Gasteiger partial charge in [-0.3, -0.25) is 0 Å². The molecular formula is C12H15ClF3NO3S. The Balaban J connectivity index is 3.22. The first kappa shape index (κ1) is 18.2. The van der Waals surface area contributed by atoms with Crippen LogP contribution >= 0.6 is 11.6 Å². The van der Waals surface area contributed by atoms with Crippen molar-refractivity contribution in [2.75, 3.05) is 13.1 Å². The van der Waals surface area contributed by atoms with Crippen LogP contribution in [0.4, 0.5) is 13.2 Å². The van der Waals surface area contributed by atoms with E-state index in [4.69, 9.17) is 16.7 Å². The number of rotatable bonds is 6. The summed E-state index contributed by atoms with van der Waals surface area (Å²) >= 11 is 5.75. The predicted octanol–water partition coefficient (Wildman–Crippen LogP) is 2.80. The summed E-state index contributed by atoms with van der Waals surface area (Å²) in [6.07, 6.45) is -4.38. The molecular weight excluding hydrogens is 331 g/mol. The Morgan fingerprint density at radius 3 is 2.43 bits per heavy atom. The first-order valence-corrected chi connectivity index (χ1v) is 7.89. The van der Waals surface area contributed by atoms with Crippen LogP contribution in [0.1, 0.15) is 18.9 Å². The lowest BCUT2D eigenvalue weighted by molar-refractivity contribution is -0.136. The Morgan fingerprint density at radius 1 is 1.33 bits per heavy atom. The number of nitrogens with zero attached hydrogens (tertiary/aromatic N) is 1. The Kier molecular flexibility index (Phi) is 6.03. The zero-order valence-corrected chi connectivity index (χ0v) is 12.8. The van der Waals surface area contributed by atoms with Gasteiger partial charge in [-0.1, -0.05) is 18.5 Å².